The van der Waals surface area contributed by atoms with Crippen molar-refractivity contribution in [2.75, 3.05) is 20.2 Å². The molecule has 0 aliphatic rings. The summed E-state index contributed by atoms with van der Waals surface area (Å²) in [4.78, 5) is 22.6. The highest BCUT2D eigenvalue weighted by atomic mass is 32.2. The van der Waals surface area contributed by atoms with Crippen LogP contribution in [-0.4, -0.2) is 40.5 Å². The lowest BCUT2D eigenvalue weighted by Gasteiger charge is -2.06. The molecule has 1 amide bonds. The summed E-state index contributed by atoms with van der Waals surface area (Å²) in [7, 11) is -2.41. The minimum atomic E-state index is -3.62. The summed E-state index contributed by atoms with van der Waals surface area (Å²) in [5.74, 6) is -1.07. The molecule has 0 fully saturated rings. The van der Waals surface area contributed by atoms with Gasteiger partial charge in [-0.05, 0) is 24.3 Å². The van der Waals surface area contributed by atoms with Crippen LogP contribution in [0.1, 0.15) is 10.4 Å². The molecule has 0 saturated carbocycles. The van der Waals surface area contributed by atoms with Crippen molar-refractivity contribution in [2.24, 2.45) is 0 Å². The number of methoxy groups -OCH3 is 1. The molecular formula is C13H16N2O5S. The monoisotopic (exact) mass is 312 g/mol. The van der Waals surface area contributed by atoms with Gasteiger partial charge in [0.1, 0.15) is 6.54 Å². The van der Waals surface area contributed by atoms with Crippen LogP contribution in [0.5, 0.6) is 0 Å². The Morgan fingerprint density at radius 2 is 1.90 bits per heavy atom. The van der Waals surface area contributed by atoms with Crippen LogP contribution in [-0.2, 0) is 19.6 Å². The predicted octanol–water partition coefficient (Wildman–Crippen LogP) is 0.0537. The van der Waals surface area contributed by atoms with Crippen LogP contribution < -0.4 is 10.0 Å². The lowest BCUT2D eigenvalue weighted by Crippen LogP contribution is -2.30. The molecular weight excluding hydrogens is 296 g/mol. The van der Waals surface area contributed by atoms with E-state index in [0.717, 1.165) is 0 Å². The second-order valence-corrected chi connectivity index (χ2v) is 5.69. The third-order valence-electron chi connectivity index (χ3n) is 2.47. The Labute approximate surface area is 123 Å². The number of ether oxygens (including phenoxy) is 1. The van der Waals surface area contributed by atoms with E-state index in [4.69, 9.17) is 0 Å². The zero-order valence-electron chi connectivity index (χ0n) is 11.5. The zero-order chi connectivity index (χ0) is 15.9. The van der Waals surface area contributed by atoms with Crippen LogP contribution in [0.4, 0.5) is 0 Å². The highest BCUT2D eigenvalue weighted by molar-refractivity contribution is 7.89. The van der Waals surface area contributed by atoms with Crippen LogP contribution in [0, 0.1) is 0 Å². The van der Waals surface area contributed by atoms with Crippen molar-refractivity contribution < 1.29 is 22.7 Å². The van der Waals surface area contributed by atoms with Crippen LogP contribution >= 0.6 is 0 Å². The van der Waals surface area contributed by atoms with Crippen molar-refractivity contribution in [3.05, 3.63) is 42.5 Å². The van der Waals surface area contributed by atoms with Crippen molar-refractivity contribution in [3.63, 3.8) is 0 Å². The van der Waals surface area contributed by atoms with Gasteiger partial charge in [-0.1, -0.05) is 6.08 Å². The first-order valence-corrected chi connectivity index (χ1v) is 7.44. The highest BCUT2D eigenvalue weighted by Gasteiger charge is 2.14. The summed E-state index contributed by atoms with van der Waals surface area (Å²) in [5.41, 5.74) is 0.238. The second-order valence-electron chi connectivity index (χ2n) is 3.92. The van der Waals surface area contributed by atoms with Gasteiger partial charge in [0, 0.05) is 12.1 Å². The van der Waals surface area contributed by atoms with E-state index in [-0.39, 0.29) is 23.5 Å². The normalized spacial score (nSPS) is 10.7. The summed E-state index contributed by atoms with van der Waals surface area (Å²) in [6.45, 7) is 3.28. The third kappa shape index (κ3) is 5.01. The summed E-state index contributed by atoms with van der Waals surface area (Å²) >= 11 is 0. The topological polar surface area (TPSA) is 102 Å². The molecule has 0 aromatic heterocycles. The van der Waals surface area contributed by atoms with E-state index in [1.165, 1.54) is 37.5 Å². The van der Waals surface area contributed by atoms with Crippen molar-refractivity contribution in [3.8, 4) is 0 Å². The first-order chi connectivity index (χ1) is 9.90. The van der Waals surface area contributed by atoms with Gasteiger partial charge < -0.3 is 10.1 Å². The minimum Gasteiger partial charge on any atom is -0.468 e. The van der Waals surface area contributed by atoms with Gasteiger partial charge in [-0.2, -0.15) is 0 Å². The molecule has 0 aliphatic heterocycles. The molecule has 114 valence electrons. The molecule has 0 unspecified atom stereocenters. The third-order valence-corrected chi connectivity index (χ3v) is 3.90. The highest BCUT2D eigenvalue weighted by Crippen LogP contribution is 2.10. The molecule has 0 atom stereocenters. The Balaban J connectivity index is 2.76. The number of hydrogen-bond acceptors (Lipinski definition) is 5. The Kier molecular flexibility index (Phi) is 6.07. The molecule has 1 rings (SSSR count). The number of rotatable bonds is 7. The van der Waals surface area contributed by atoms with E-state index in [0.29, 0.717) is 0 Å². The lowest BCUT2D eigenvalue weighted by atomic mass is 10.2. The molecule has 0 spiro atoms. The maximum absolute atomic E-state index is 11.8. The molecule has 0 radical (unpaired) electrons. The maximum Gasteiger partial charge on any atom is 0.325 e. The number of hydrogen-bond donors (Lipinski definition) is 2. The Morgan fingerprint density at radius 3 is 2.43 bits per heavy atom. The fraction of sp³-hybridized carbons (Fsp3) is 0.231. The lowest BCUT2D eigenvalue weighted by molar-refractivity contribution is -0.139. The number of carbonyl (C=O) groups is 2. The molecule has 7 nitrogen and oxygen atoms in total. The standard InChI is InChI=1S/C13H16N2O5S/c1-3-8-15-21(18,19)11-6-4-10(5-7-11)13(17)14-9-12(16)20-2/h3-7,15H,1,8-9H2,2H3,(H,14,17). The van der Waals surface area contributed by atoms with Gasteiger partial charge in [0.05, 0.1) is 12.0 Å². The van der Waals surface area contributed by atoms with E-state index in [2.05, 4.69) is 21.4 Å². The molecule has 0 heterocycles. The number of nitrogens with one attached hydrogen (secondary N) is 2. The average Bonchev–Trinajstić information content (AvgIpc) is 2.50. The first-order valence-electron chi connectivity index (χ1n) is 5.96. The van der Waals surface area contributed by atoms with Gasteiger partial charge in [-0.3, -0.25) is 9.59 Å². The molecule has 1 aromatic carbocycles. The van der Waals surface area contributed by atoms with E-state index in [1.54, 1.807) is 0 Å². The second kappa shape index (κ2) is 7.55. The SMILES string of the molecule is C=CCNS(=O)(=O)c1ccc(C(=O)NCC(=O)OC)cc1. The van der Waals surface area contributed by atoms with E-state index < -0.39 is 21.9 Å². The number of amides is 1. The fourth-order valence-corrected chi connectivity index (χ4v) is 2.36. The Morgan fingerprint density at radius 1 is 1.29 bits per heavy atom. The number of benzene rings is 1. The maximum atomic E-state index is 11.8. The van der Waals surface area contributed by atoms with E-state index in [9.17, 15) is 18.0 Å². The van der Waals surface area contributed by atoms with Crippen molar-refractivity contribution in [1.29, 1.82) is 0 Å². The Bertz CT molecular complexity index is 622. The van der Waals surface area contributed by atoms with Crippen molar-refractivity contribution >= 4 is 21.9 Å². The zero-order valence-corrected chi connectivity index (χ0v) is 12.3. The van der Waals surface area contributed by atoms with Gasteiger partial charge in [-0.15, -0.1) is 6.58 Å². The smallest absolute Gasteiger partial charge is 0.325 e. The minimum absolute atomic E-state index is 0.0360. The van der Waals surface area contributed by atoms with Crippen LogP contribution in [0.3, 0.4) is 0 Å². The van der Waals surface area contributed by atoms with Gasteiger partial charge in [-0.25, -0.2) is 13.1 Å². The van der Waals surface area contributed by atoms with Gasteiger partial charge in [0.15, 0.2) is 0 Å². The molecule has 0 bridgehead atoms. The molecule has 1 aromatic rings. The van der Waals surface area contributed by atoms with Crippen molar-refractivity contribution in [1.82, 2.24) is 10.0 Å². The molecule has 0 aliphatic carbocycles. The van der Waals surface area contributed by atoms with E-state index in [1.807, 2.05) is 0 Å². The number of carbonyl (C=O) groups excluding carboxylic acids is 2. The van der Waals surface area contributed by atoms with Crippen molar-refractivity contribution in [2.45, 2.75) is 4.90 Å². The molecule has 21 heavy (non-hydrogen) atoms. The predicted molar refractivity (Wildman–Crippen MR) is 76.2 cm³/mol. The quantitative estimate of drug-likeness (QED) is 0.547. The van der Waals surface area contributed by atoms with Crippen LogP contribution in [0.15, 0.2) is 41.8 Å². The largest absolute Gasteiger partial charge is 0.468 e. The Hall–Kier alpha value is -2.19. The molecule has 2 N–H and O–H groups in total. The summed E-state index contributed by atoms with van der Waals surface area (Å²) in [5, 5.41) is 2.35. The van der Waals surface area contributed by atoms with Crippen LogP contribution in [0.2, 0.25) is 0 Å². The number of esters is 1. The first kappa shape index (κ1) is 16.9. The molecule has 0 saturated heterocycles. The summed E-state index contributed by atoms with van der Waals surface area (Å²) in [6, 6.07) is 5.32. The van der Waals surface area contributed by atoms with Gasteiger partial charge in [0.2, 0.25) is 10.0 Å². The fourth-order valence-electron chi connectivity index (χ4n) is 1.36. The van der Waals surface area contributed by atoms with Crippen LogP contribution in [0.25, 0.3) is 0 Å². The summed E-state index contributed by atoms with van der Waals surface area (Å²) in [6.07, 6.45) is 1.42. The van der Waals surface area contributed by atoms with Gasteiger partial charge in [0.25, 0.3) is 5.91 Å². The number of sulfonamides is 1. The summed E-state index contributed by atoms with van der Waals surface area (Å²) < 4.78 is 30.3. The van der Waals surface area contributed by atoms with Gasteiger partial charge >= 0.3 is 5.97 Å². The molecule has 8 heteroatoms. The average molecular weight is 312 g/mol. The van der Waals surface area contributed by atoms with E-state index >= 15 is 0 Å².